The van der Waals surface area contributed by atoms with Gasteiger partial charge in [-0.1, -0.05) is 41.4 Å². The van der Waals surface area contributed by atoms with Crippen LogP contribution in [0, 0.1) is 0 Å². The summed E-state index contributed by atoms with van der Waals surface area (Å²) in [6.45, 7) is -0.00742. The maximum Gasteiger partial charge on any atom is 0.338 e. The molecule has 1 atom stereocenters. The first-order valence-corrected chi connectivity index (χ1v) is 8.38. The van der Waals surface area contributed by atoms with E-state index in [1.54, 1.807) is 54.6 Å². The highest BCUT2D eigenvalue weighted by Crippen LogP contribution is 2.25. The van der Waals surface area contributed by atoms with Crippen LogP contribution in [0.15, 0.2) is 54.6 Å². The quantitative estimate of drug-likeness (QED) is 0.734. The Labute approximate surface area is 155 Å². The van der Waals surface area contributed by atoms with Gasteiger partial charge in [0.2, 0.25) is 0 Å². The highest BCUT2D eigenvalue weighted by molar-refractivity contribution is 6.31. The van der Waals surface area contributed by atoms with Crippen molar-refractivity contribution in [3.8, 4) is 0 Å². The number of cyclic esters (lactones) is 1. The lowest BCUT2D eigenvalue weighted by atomic mass is 10.0. The van der Waals surface area contributed by atoms with Crippen LogP contribution in [-0.2, 0) is 14.3 Å². The Morgan fingerprint density at radius 3 is 2.56 bits per heavy atom. The number of benzene rings is 2. The smallest absolute Gasteiger partial charge is 0.338 e. The molecule has 2 aromatic carbocycles. The van der Waals surface area contributed by atoms with E-state index in [1.165, 1.54) is 0 Å². The van der Waals surface area contributed by atoms with Gasteiger partial charge in [-0.3, -0.25) is 0 Å². The number of esters is 2. The summed E-state index contributed by atoms with van der Waals surface area (Å²) in [7, 11) is 0. The second-order valence-electron chi connectivity index (χ2n) is 5.50. The number of carbonyl (C=O) groups excluding carboxylic acids is 2. The van der Waals surface area contributed by atoms with E-state index in [4.69, 9.17) is 32.7 Å². The molecular weight excluding hydrogens is 363 g/mol. The summed E-state index contributed by atoms with van der Waals surface area (Å²) >= 11 is 11.7. The van der Waals surface area contributed by atoms with Gasteiger partial charge in [0.05, 0.1) is 11.1 Å². The molecule has 128 valence electrons. The highest BCUT2D eigenvalue weighted by Gasteiger charge is 2.25. The molecule has 0 radical (unpaired) electrons. The van der Waals surface area contributed by atoms with Gasteiger partial charge in [-0.2, -0.15) is 0 Å². The summed E-state index contributed by atoms with van der Waals surface area (Å²) in [6.07, 6.45) is 1.73. The molecule has 4 nitrogen and oxygen atoms in total. The molecule has 0 spiro atoms. The maximum atomic E-state index is 12.2. The molecule has 0 aliphatic carbocycles. The van der Waals surface area contributed by atoms with Crippen molar-refractivity contribution in [3.05, 3.63) is 75.8 Å². The minimum atomic E-state index is -0.508. The predicted molar refractivity (Wildman–Crippen MR) is 95.7 cm³/mol. The number of ether oxygens (including phenoxy) is 2. The molecule has 0 amide bonds. The SMILES string of the molecule is O=C1OC(COC(=O)c2ccc(Cl)cc2)CC=C1c1cccc(Cl)c1. The van der Waals surface area contributed by atoms with Crippen molar-refractivity contribution in [1.82, 2.24) is 0 Å². The average Bonchev–Trinajstić information content (AvgIpc) is 2.60. The zero-order valence-electron chi connectivity index (χ0n) is 13.1. The second kappa shape index (κ2) is 7.72. The fourth-order valence-electron chi connectivity index (χ4n) is 2.43. The third-order valence-electron chi connectivity index (χ3n) is 3.69. The summed E-state index contributed by atoms with van der Waals surface area (Å²) in [5, 5.41) is 1.08. The van der Waals surface area contributed by atoms with E-state index in [0.717, 1.165) is 0 Å². The van der Waals surface area contributed by atoms with Gasteiger partial charge in [0.25, 0.3) is 0 Å². The second-order valence-corrected chi connectivity index (χ2v) is 6.37. The molecular formula is C19H14Cl2O4. The normalized spacial score (nSPS) is 16.8. The fraction of sp³-hybridized carbons (Fsp3) is 0.158. The molecule has 0 aromatic heterocycles. The Bertz CT molecular complexity index is 828. The monoisotopic (exact) mass is 376 g/mol. The minimum absolute atomic E-state index is 0.00742. The number of halogens is 2. The lowest BCUT2D eigenvalue weighted by Gasteiger charge is -2.22. The Kier molecular flexibility index (Phi) is 5.41. The molecule has 0 saturated heterocycles. The molecule has 0 saturated carbocycles. The van der Waals surface area contributed by atoms with E-state index < -0.39 is 18.0 Å². The van der Waals surface area contributed by atoms with Crippen LogP contribution in [0.1, 0.15) is 22.3 Å². The molecule has 3 rings (SSSR count). The Hall–Kier alpha value is -2.30. The van der Waals surface area contributed by atoms with E-state index in [2.05, 4.69) is 0 Å². The predicted octanol–water partition coefficient (Wildman–Crippen LogP) is 4.55. The molecule has 6 heteroatoms. The van der Waals surface area contributed by atoms with Crippen LogP contribution in [0.2, 0.25) is 10.0 Å². The summed E-state index contributed by atoms with van der Waals surface area (Å²) < 4.78 is 10.6. The molecule has 0 fully saturated rings. The first kappa shape index (κ1) is 17.5. The van der Waals surface area contributed by atoms with Gasteiger partial charge in [0.1, 0.15) is 12.7 Å². The fourth-order valence-corrected chi connectivity index (χ4v) is 2.74. The van der Waals surface area contributed by atoms with Crippen LogP contribution in [0.3, 0.4) is 0 Å². The molecule has 1 heterocycles. The first-order chi connectivity index (χ1) is 12.0. The van der Waals surface area contributed by atoms with Gasteiger partial charge in [0.15, 0.2) is 0 Å². The number of carbonyl (C=O) groups is 2. The zero-order valence-corrected chi connectivity index (χ0v) is 14.6. The van der Waals surface area contributed by atoms with Crippen molar-refractivity contribution in [3.63, 3.8) is 0 Å². The minimum Gasteiger partial charge on any atom is -0.458 e. The van der Waals surface area contributed by atoms with E-state index in [0.29, 0.717) is 33.2 Å². The van der Waals surface area contributed by atoms with Crippen molar-refractivity contribution in [2.24, 2.45) is 0 Å². The topological polar surface area (TPSA) is 52.6 Å². The average molecular weight is 377 g/mol. The molecule has 1 aliphatic rings. The number of hydrogen-bond acceptors (Lipinski definition) is 4. The van der Waals surface area contributed by atoms with Crippen LogP contribution in [0.25, 0.3) is 5.57 Å². The highest BCUT2D eigenvalue weighted by atomic mass is 35.5. The van der Waals surface area contributed by atoms with E-state index in [-0.39, 0.29) is 6.61 Å². The number of rotatable bonds is 4. The standard InChI is InChI=1S/C19H14Cl2O4/c20-14-6-4-12(5-7-14)18(22)24-11-16-8-9-17(19(23)25-16)13-2-1-3-15(21)10-13/h1-7,9-10,16H,8,11H2. The third kappa shape index (κ3) is 4.41. The summed E-state index contributed by atoms with van der Waals surface area (Å²) in [5.74, 6) is -0.946. The summed E-state index contributed by atoms with van der Waals surface area (Å²) in [5.41, 5.74) is 1.55. The van der Waals surface area contributed by atoms with Crippen LogP contribution >= 0.6 is 23.2 Å². The van der Waals surface area contributed by atoms with Crippen LogP contribution in [0.4, 0.5) is 0 Å². The van der Waals surface area contributed by atoms with Crippen molar-refractivity contribution in [1.29, 1.82) is 0 Å². The van der Waals surface area contributed by atoms with E-state index in [9.17, 15) is 9.59 Å². The zero-order chi connectivity index (χ0) is 17.8. The Morgan fingerprint density at radius 2 is 1.88 bits per heavy atom. The summed E-state index contributed by atoms with van der Waals surface area (Å²) in [4.78, 5) is 24.1. The van der Waals surface area contributed by atoms with Gasteiger partial charge >= 0.3 is 11.9 Å². The molecule has 0 N–H and O–H groups in total. The Balaban J connectivity index is 1.60. The molecule has 0 bridgehead atoms. The molecule has 1 unspecified atom stereocenters. The first-order valence-electron chi connectivity index (χ1n) is 7.62. The van der Waals surface area contributed by atoms with E-state index in [1.807, 2.05) is 0 Å². The van der Waals surface area contributed by atoms with Crippen molar-refractivity contribution < 1.29 is 19.1 Å². The maximum absolute atomic E-state index is 12.2. The van der Waals surface area contributed by atoms with Crippen LogP contribution < -0.4 is 0 Å². The Morgan fingerprint density at radius 1 is 1.12 bits per heavy atom. The summed E-state index contributed by atoms with van der Waals surface area (Å²) in [6, 6.07) is 13.4. The van der Waals surface area contributed by atoms with Crippen molar-refractivity contribution >= 4 is 40.7 Å². The third-order valence-corrected chi connectivity index (χ3v) is 4.18. The van der Waals surface area contributed by atoms with Gasteiger partial charge in [-0.25, -0.2) is 9.59 Å². The van der Waals surface area contributed by atoms with Gasteiger partial charge in [-0.15, -0.1) is 0 Å². The molecule has 2 aromatic rings. The number of hydrogen-bond donors (Lipinski definition) is 0. The molecule has 1 aliphatic heterocycles. The largest absolute Gasteiger partial charge is 0.458 e. The van der Waals surface area contributed by atoms with Crippen LogP contribution in [-0.4, -0.2) is 24.6 Å². The van der Waals surface area contributed by atoms with Gasteiger partial charge in [0, 0.05) is 16.5 Å². The van der Waals surface area contributed by atoms with E-state index >= 15 is 0 Å². The van der Waals surface area contributed by atoms with Gasteiger partial charge < -0.3 is 9.47 Å². The van der Waals surface area contributed by atoms with Crippen LogP contribution in [0.5, 0.6) is 0 Å². The lowest BCUT2D eigenvalue weighted by Crippen LogP contribution is -2.28. The lowest BCUT2D eigenvalue weighted by molar-refractivity contribution is -0.144. The molecule has 25 heavy (non-hydrogen) atoms. The van der Waals surface area contributed by atoms with Crippen molar-refractivity contribution in [2.45, 2.75) is 12.5 Å². The van der Waals surface area contributed by atoms with Gasteiger partial charge in [-0.05, 0) is 42.0 Å². The van der Waals surface area contributed by atoms with Crippen molar-refractivity contribution in [2.75, 3.05) is 6.61 Å².